The van der Waals surface area contributed by atoms with Crippen LogP contribution in [0.4, 0.5) is 13.2 Å². The molecule has 0 radical (unpaired) electrons. The number of alkyl halides is 3. The van der Waals surface area contributed by atoms with E-state index in [1.54, 1.807) is 34.9 Å². The number of rotatable bonds is 7. The van der Waals surface area contributed by atoms with Crippen LogP contribution in [0.25, 0.3) is 59.4 Å². The number of halogens is 3. The molecule has 0 bridgehead atoms. The number of hydrogen-bond donors (Lipinski definition) is 3. The summed E-state index contributed by atoms with van der Waals surface area (Å²) in [6.45, 7) is 2.07. The van der Waals surface area contributed by atoms with Gasteiger partial charge in [0.1, 0.15) is 5.69 Å². The molecule has 7 aromatic rings. The molecule has 55 heavy (non-hydrogen) atoms. The first-order valence-corrected chi connectivity index (χ1v) is 16.9. The molecule has 13 nitrogen and oxygen atoms in total. The Bertz CT molecular complexity index is 2440. The van der Waals surface area contributed by atoms with Crippen LogP contribution < -0.4 is 5.10 Å². The summed E-state index contributed by atoms with van der Waals surface area (Å²) in [5, 5.41) is 42.8. The largest absolute Gasteiger partial charge is 2.00 e. The molecule has 0 aliphatic rings. The topological polar surface area (TPSA) is 213 Å². The van der Waals surface area contributed by atoms with Crippen molar-refractivity contribution in [2.24, 2.45) is 0 Å². The predicted molar refractivity (Wildman–Crippen MR) is 197 cm³/mol. The van der Waals surface area contributed by atoms with E-state index < -0.39 is 29.8 Å². The SMILES string of the molecule is Cc1cc2sc(-c3ccc(-c4cc(C(F)(F)F)n[n-]4)nc3)cc2s1.O=C(O)c1ccnc(-c2cc(C(=O)O)cc(-c3cc(C(=O)O)ccn3)n2)c1.[N-]=C=S.[Ru+2]. The molecule has 0 saturated heterocycles. The molecule has 0 aliphatic carbocycles. The average molecular weight is 889 g/mol. The summed E-state index contributed by atoms with van der Waals surface area (Å²) in [6, 6.07) is 16.3. The number of nitrogens with zero attached hydrogens (tertiary/aromatic N) is 7. The number of aromatic nitrogens is 6. The third-order valence-corrected chi connectivity index (χ3v) is 9.34. The summed E-state index contributed by atoms with van der Waals surface area (Å²) < 4.78 is 40.2. The number of aromatic carboxylic acids is 3. The van der Waals surface area contributed by atoms with Crippen LogP contribution in [0.3, 0.4) is 0 Å². The summed E-state index contributed by atoms with van der Waals surface area (Å²) in [7, 11) is 0. The molecule has 278 valence electrons. The van der Waals surface area contributed by atoms with E-state index in [-0.39, 0.29) is 64.6 Å². The van der Waals surface area contributed by atoms with E-state index in [1.165, 1.54) is 68.2 Å². The normalized spacial score (nSPS) is 10.5. The monoisotopic (exact) mass is 889 g/mol. The smallest absolute Gasteiger partial charge is 0.753 e. The van der Waals surface area contributed by atoms with Gasteiger partial charge >= 0.3 is 43.6 Å². The van der Waals surface area contributed by atoms with Crippen molar-refractivity contribution < 1.29 is 62.4 Å². The first kappa shape index (κ1) is 41.8. The number of hydrogen-bond acceptors (Lipinski definition) is 11. The Morgan fingerprint density at radius 2 is 1.27 bits per heavy atom. The van der Waals surface area contributed by atoms with Crippen molar-refractivity contribution in [3.05, 3.63) is 118 Å². The molecule has 7 rings (SSSR count). The molecule has 0 aliphatic heterocycles. The first-order valence-electron chi connectivity index (χ1n) is 14.9. The van der Waals surface area contributed by atoms with Gasteiger partial charge in [-0.3, -0.25) is 15.0 Å². The Morgan fingerprint density at radius 1 is 0.745 bits per heavy atom. The van der Waals surface area contributed by atoms with E-state index >= 15 is 0 Å². The summed E-state index contributed by atoms with van der Waals surface area (Å²) in [5.74, 6) is -3.56. The van der Waals surface area contributed by atoms with Crippen LogP contribution in [-0.4, -0.2) is 63.4 Å². The van der Waals surface area contributed by atoms with Crippen LogP contribution in [0, 0.1) is 6.92 Å². The maximum Gasteiger partial charge on any atom is 2.00 e. The number of aryl methyl sites for hydroxylation is 1. The fourth-order valence-corrected chi connectivity index (χ4v) is 6.98. The van der Waals surface area contributed by atoms with Crippen molar-refractivity contribution in [1.29, 1.82) is 0 Å². The molecule has 7 heterocycles. The minimum absolute atomic E-state index is 0. The quantitative estimate of drug-likeness (QED) is 0.0781. The third kappa shape index (κ3) is 10.4. The number of isothiocyanates is 1. The second kappa shape index (κ2) is 17.9. The molecule has 0 unspecified atom stereocenters. The van der Waals surface area contributed by atoms with Crippen LogP contribution in [-0.2, 0) is 25.7 Å². The van der Waals surface area contributed by atoms with Crippen molar-refractivity contribution in [2.75, 3.05) is 0 Å². The molecule has 0 fully saturated rings. The maximum atomic E-state index is 12.6. The van der Waals surface area contributed by atoms with E-state index in [9.17, 15) is 32.7 Å². The zero-order valence-corrected chi connectivity index (χ0v) is 31.7. The van der Waals surface area contributed by atoms with Gasteiger partial charge in [-0.15, -0.1) is 22.7 Å². The van der Waals surface area contributed by atoms with Gasteiger partial charge in [0.2, 0.25) is 0 Å². The number of carboxylic acid groups (broad SMARTS) is 3. The standard InChI is InChI=1S/C18H11N3O6.C16H9F3N3S2.CNS.Ru/c22-16(23)9-1-3-19-12(5-9)14-7-11(18(26)27)8-15(21-14)13-6-10(17(24)25)2-4-20-13;1-8-4-13-14(23-8)6-12(24-13)9-2-3-10(20-7-9)11-5-15(22-21-11)16(17,18)19;2-1-3;/h1-8H,(H,22,23)(H,24,25)(H,26,27);2-7H,1H3;;/q;2*-1;+2. The molecule has 20 heteroatoms. The number of thiophene rings is 2. The third-order valence-electron chi connectivity index (χ3n) is 7.08. The zero-order valence-electron chi connectivity index (χ0n) is 27.5. The molecule has 0 aromatic carbocycles. The Kier molecular flexibility index (Phi) is 13.7. The van der Waals surface area contributed by atoms with E-state index in [2.05, 4.69) is 61.4 Å². The second-order valence-corrected chi connectivity index (χ2v) is 13.3. The van der Waals surface area contributed by atoms with Crippen LogP contribution in [0.5, 0.6) is 0 Å². The minimum Gasteiger partial charge on any atom is -0.753 e. The number of carboxylic acids is 3. The molecular weight excluding hydrogens is 869 g/mol. The maximum absolute atomic E-state index is 12.6. The van der Waals surface area contributed by atoms with E-state index in [4.69, 9.17) is 15.6 Å². The van der Waals surface area contributed by atoms with Crippen LogP contribution in [0.1, 0.15) is 41.6 Å². The molecule has 0 atom stereocenters. The van der Waals surface area contributed by atoms with E-state index in [0.29, 0.717) is 5.69 Å². The van der Waals surface area contributed by atoms with Gasteiger partial charge in [-0.2, -0.15) is 18.3 Å². The Balaban J connectivity index is 0.000000226. The molecule has 7 aromatic heterocycles. The predicted octanol–water partition coefficient (Wildman–Crippen LogP) is 8.33. The van der Waals surface area contributed by atoms with Crippen LogP contribution in [0.2, 0.25) is 0 Å². The van der Waals surface area contributed by atoms with Gasteiger partial charge in [-0.25, -0.2) is 19.4 Å². The number of fused-ring (bicyclic) bond motifs is 1. The van der Waals surface area contributed by atoms with Crippen LogP contribution >= 0.6 is 34.9 Å². The average Bonchev–Trinajstić information content (AvgIpc) is 3.88. The fourth-order valence-electron chi connectivity index (χ4n) is 4.67. The summed E-state index contributed by atoms with van der Waals surface area (Å²) in [5.41, 5.74) is 0.795. The van der Waals surface area contributed by atoms with Gasteiger partial charge in [-0.05, 0) is 73.7 Å². The van der Waals surface area contributed by atoms with E-state index in [1.807, 2.05) is 6.07 Å². The van der Waals surface area contributed by atoms with Crippen molar-refractivity contribution in [1.82, 2.24) is 30.1 Å². The number of carbonyl (C=O) groups is 3. The molecular formula is C35H20F3N7O6RuS3. The van der Waals surface area contributed by atoms with Gasteiger partial charge < -0.3 is 30.9 Å². The zero-order chi connectivity index (χ0) is 39.2. The first-order chi connectivity index (χ1) is 25.7. The molecule has 0 amide bonds. The number of pyridine rings is 4. The fraction of sp³-hybridized carbons (Fsp3) is 0.0571. The Morgan fingerprint density at radius 3 is 1.73 bits per heavy atom. The van der Waals surface area contributed by atoms with Gasteiger partial charge in [0.25, 0.3) is 0 Å². The van der Waals surface area contributed by atoms with Crippen LogP contribution in [0.15, 0.2) is 85.3 Å². The van der Waals surface area contributed by atoms with Crippen molar-refractivity contribution in [3.63, 3.8) is 0 Å². The molecule has 0 saturated carbocycles. The summed E-state index contributed by atoms with van der Waals surface area (Å²) >= 11 is 7.11. The minimum atomic E-state index is -4.49. The number of thiocarbonyl (C=S) groups is 1. The summed E-state index contributed by atoms with van der Waals surface area (Å²) in [6.07, 6.45) is -0.292. The van der Waals surface area contributed by atoms with E-state index in [0.717, 1.165) is 16.5 Å². The van der Waals surface area contributed by atoms with Gasteiger partial charge in [-0.1, -0.05) is 17.9 Å². The Labute approximate surface area is 333 Å². The second-order valence-electron chi connectivity index (χ2n) is 10.7. The van der Waals surface area contributed by atoms with Crippen molar-refractivity contribution >= 4 is 67.4 Å². The summed E-state index contributed by atoms with van der Waals surface area (Å²) in [4.78, 5) is 52.7. The van der Waals surface area contributed by atoms with Gasteiger partial charge in [0.05, 0.1) is 39.5 Å². The van der Waals surface area contributed by atoms with Gasteiger partial charge in [0, 0.05) is 49.0 Å². The Hall–Kier alpha value is -5.91. The van der Waals surface area contributed by atoms with Gasteiger partial charge in [0.15, 0.2) is 0 Å². The molecule has 0 spiro atoms. The van der Waals surface area contributed by atoms with Crippen molar-refractivity contribution in [2.45, 2.75) is 13.1 Å². The van der Waals surface area contributed by atoms with Crippen molar-refractivity contribution in [3.8, 4) is 44.6 Å². The molecule has 3 N–H and O–H groups in total.